The smallest absolute Gasteiger partial charge is 0.142 e. The fraction of sp³-hybridized carbons (Fsp3) is 0.400. The Kier molecular flexibility index (Phi) is 3.18. The Labute approximate surface area is 92.9 Å². The predicted octanol–water partition coefficient (Wildman–Crippen LogP) is 1.89. The number of rotatable bonds is 4. The number of aromatic amines is 1. The number of aryl methyl sites for hydroxylation is 1. The first-order valence-corrected chi connectivity index (χ1v) is 5.37. The second-order valence-corrected chi connectivity index (χ2v) is 3.81. The van der Waals surface area contributed by atoms with Crippen LogP contribution >= 0.6 is 11.6 Å². The number of H-pyrrole nitrogens is 1. The Bertz CT molecular complexity index is 452. The third-order valence-electron chi connectivity index (χ3n) is 2.41. The maximum atomic E-state index is 6.02. The van der Waals surface area contributed by atoms with Gasteiger partial charge in [-0.2, -0.15) is 0 Å². The van der Waals surface area contributed by atoms with Crippen LogP contribution in [0.2, 0.25) is 5.15 Å². The molecule has 2 aromatic heterocycles. The van der Waals surface area contributed by atoms with Crippen molar-refractivity contribution in [1.82, 2.24) is 15.0 Å². The van der Waals surface area contributed by atoms with Gasteiger partial charge in [0, 0.05) is 6.20 Å². The lowest BCUT2D eigenvalue weighted by Gasteiger charge is -1.98. The lowest BCUT2D eigenvalue weighted by atomic mass is 10.1. The number of fused-ring (bicyclic) bond motifs is 1. The molecule has 2 heterocycles. The summed E-state index contributed by atoms with van der Waals surface area (Å²) in [6, 6.07) is 0. The summed E-state index contributed by atoms with van der Waals surface area (Å²) in [7, 11) is 0. The highest BCUT2D eigenvalue weighted by Gasteiger charge is 2.08. The molecule has 80 valence electrons. The third kappa shape index (κ3) is 2.11. The molecule has 0 amide bonds. The standard InChI is InChI=1S/C10H13ClN4/c11-9-8-7(3-1-2-4-12)5-13-10(8)15-6-14-9/h5-6H,1-4,12H2,(H,13,14,15). The van der Waals surface area contributed by atoms with Crippen molar-refractivity contribution < 1.29 is 0 Å². The molecule has 3 N–H and O–H groups in total. The molecule has 0 aliphatic heterocycles. The van der Waals surface area contributed by atoms with Crippen LogP contribution in [0.15, 0.2) is 12.5 Å². The molecule has 0 fully saturated rings. The van der Waals surface area contributed by atoms with E-state index in [9.17, 15) is 0 Å². The maximum Gasteiger partial charge on any atom is 0.142 e. The van der Waals surface area contributed by atoms with E-state index in [1.807, 2.05) is 6.20 Å². The van der Waals surface area contributed by atoms with Crippen LogP contribution in [-0.4, -0.2) is 21.5 Å². The molecule has 0 aliphatic carbocycles. The third-order valence-corrected chi connectivity index (χ3v) is 2.69. The minimum absolute atomic E-state index is 0.518. The van der Waals surface area contributed by atoms with Gasteiger partial charge in [-0.3, -0.25) is 0 Å². The van der Waals surface area contributed by atoms with Gasteiger partial charge in [-0.05, 0) is 31.4 Å². The molecule has 0 saturated carbocycles. The number of hydrogen-bond donors (Lipinski definition) is 2. The highest BCUT2D eigenvalue weighted by molar-refractivity contribution is 6.34. The molecule has 15 heavy (non-hydrogen) atoms. The first-order valence-electron chi connectivity index (χ1n) is 4.99. The van der Waals surface area contributed by atoms with Gasteiger partial charge in [0.15, 0.2) is 0 Å². The van der Waals surface area contributed by atoms with Gasteiger partial charge in [-0.15, -0.1) is 0 Å². The van der Waals surface area contributed by atoms with Gasteiger partial charge in [0.1, 0.15) is 17.1 Å². The zero-order chi connectivity index (χ0) is 10.7. The van der Waals surface area contributed by atoms with Gasteiger partial charge in [-0.1, -0.05) is 11.6 Å². The highest BCUT2D eigenvalue weighted by atomic mass is 35.5. The number of nitrogens with one attached hydrogen (secondary N) is 1. The van der Waals surface area contributed by atoms with Crippen LogP contribution in [0.4, 0.5) is 0 Å². The van der Waals surface area contributed by atoms with Crippen LogP contribution in [0.1, 0.15) is 18.4 Å². The predicted molar refractivity (Wildman–Crippen MR) is 60.9 cm³/mol. The molecule has 0 spiro atoms. The number of nitrogens with two attached hydrogens (primary N) is 1. The summed E-state index contributed by atoms with van der Waals surface area (Å²) < 4.78 is 0. The molecule has 0 aromatic carbocycles. The summed E-state index contributed by atoms with van der Waals surface area (Å²) in [5.41, 5.74) is 7.43. The molecule has 2 rings (SSSR count). The fourth-order valence-corrected chi connectivity index (χ4v) is 1.90. The van der Waals surface area contributed by atoms with E-state index in [1.54, 1.807) is 0 Å². The van der Waals surface area contributed by atoms with Crippen LogP contribution in [0, 0.1) is 0 Å². The Morgan fingerprint density at radius 1 is 1.33 bits per heavy atom. The maximum absolute atomic E-state index is 6.02. The molecular formula is C10H13ClN4. The summed E-state index contributed by atoms with van der Waals surface area (Å²) in [6.45, 7) is 0.729. The minimum atomic E-state index is 0.518. The van der Waals surface area contributed by atoms with Crippen molar-refractivity contribution in [3.63, 3.8) is 0 Å². The van der Waals surface area contributed by atoms with Crippen molar-refractivity contribution in [1.29, 1.82) is 0 Å². The summed E-state index contributed by atoms with van der Waals surface area (Å²) >= 11 is 6.02. The van der Waals surface area contributed by atoms with Gasteiger partial charge in [0.05, 0.1) is 5.39 Å². The number of nitrogens with zero attached hydrogens (tertiary/aromatic N) is 2. The number of aromatic nitrogens is 3. The minimum Gasteiger partial charge on any atom is -0.346 e. The van der Waals surface area contributed by atoms with E-state index in [-0.39, 0.29) is 0 Å². The average Bonchev–Trinajstić information content (AvgIpc) is 2.63. The molecule has 0 bridgehead atoms. The number of halogens is 1. The highest BCUT2D eigenvalue weighted by Crippen LogP contribution is 2.23. The topological polar surface area (TPSA) is 67.6 Å². The van der Waals surface area contributed by atoms with E-state index in [4.69, 9.17) is 17.3 Å². The number of unbranched alkanes of at least 4 members (excludes halogenated alkanes) is 1. The van der Waals surface area contributed by atoms with Crippen molar-refractivity contribution in [3.8, 4) is 0 Å². The summed E-state index contributed by atoms with van der Waals surface area (Å²) in [5, 5.41) is 1.46. The Hall–Kier alpha value is -1.13. The Morgan fingerprint density at radius 3 is 3.00 bits per heavy atom. The molecule has 0 saturated heterocycles. The molecular weight excluding hydrogens is 212 g/mol. The van der Waals surface area contributed by atoms with Crippen LogP contribution < -0.4 is 5.73 Å². The van der Waals surface area contributed by atoms with Crippen molar-refractivity contribution >= 4 is 22.6 Å². The number of hydrogen-bond acceptors (Lipinski definition) is 3. The molecule has 0 radical (unpaired) electrons. The fourth-order valence-electron chi connectivity index (χ4n) is 1.64. The van der Waals surface area contributed by atoms with Gasteiger partial charge in [-0.25, -0.2) is 9.97 Å². The second-order valence-electron chi connectivity index (χ2n) is 3.45. The van der Waals surface area contributed by atoms with E-state index in [0.29, 0.717) is 5.15 Å². The molecule has 4 nitrogen and oxygen atoms in total. The molecule has 5 heteroatoms. The van der Waals surface area contributed by atoms with Crippen molar-refractivity contribution in [2.45, 2.75) is 19.3 Å². The van der Waals surface area contributed by atoms with Crippen LogP contribution in [0.3, 0.4) is 0 Å². The van der Waals surface area contributed by atoms with E-state index < -0.39 is 0 Å². The van der Waals surface area contributed by atoms with Crippen molar-refractivity contribution in [2.75, 3.05) is 6.54 Å². The molecule has 2 aromatic rings. The lowest BCUT2D eigenvalue weighted by Crippen LogP contribution is -1.98. The molecule has 0 aliphatic rings. The SMILES string of the molecule is NCCCCc1c[nH]c2ncnc(Cl)c12. The largest absolute Gasteiger partial charge is 0.346 e. The Morgan fingerprint density at radius 2 is 2.20 bits per heavy atom. The molecule has 0 unspecified atom stereocenters. The second kappa shape index (κ2) is 4.59. The van der Waals surface area contributed by atoms with E-state index >= 15 is 0 Å². The van der Waals surface area contributed by atoms with Gasteiger partial charge in [0.25, 0.3) is 0 Å². The van der Waals surface area contributed by atoms with Crippen molar-refractivity contribution in [3.05, 3.63) is 23.2 Å². The first kappa shape index (κ1) is 10.4. The summed E-state index contributed by atoms with van der Waals surface area (Å²) in [6.07, 6.45) is 6.46. The first-order chi connectivity index (χ1) is 7.33. The quantitative estimate of drug-likeness (QED) is 0.616. The zero-order valence-electron chi connectivity index (χ0n) is 8.33. The normalized spacial score (nSPS) is 11.1. The van der Waals surface area contributed by atoms with Crippen LogP contribution in [-0.2, 0) is 6.42 Å². The van der Waals surface area contributed by atoms with E-state index in [0.717, 1.165) is 36.8 Å². The average molecular weight is 225 g/mol. The summed E-state index contributed by atoms with van der Waals surface area (Å²) in [4.78, 5) is 11.2. The van der Waals surface area contributed by atoms with E-state index in [1.165, 1.54) is 11.9 Å². The van der Waals surface area contributed by atoms with Gasteiger partial charge >= 0.3 is 0 Å². The van der Waals surface area contributed by atoms with Crippen LogP contribution in [0.5, 0.6) is 0 Å². The summed E-state index contributed by atoms with van der Waals surface area (Å²) in [5.74, 6) is 0. The molecule has 0 atom stereocenters. The van der Waals surface area contributed by atoms with Crippen LogP contribution in [0.25, 0.3) is 11.0 Å². The van der Waals surface area contributed by atoms with E-state index in [2.05, 4.69) is 15.0 Å². The van der Waals surface area contributed by atoms with Gasteiger partial charge in [0.2, 0.25) is 0 Å². The zero-order valence-corrected chi connectivity index (χ0v) is 9.09. The lowest BCUT2D eigenvalue weighted by molar-refractivity contribution is 0.747. The Balaban J connectivity index is 2.27. The van der Waals surface area contributed by atoms with Crippen molar-refractivity contribution in [2.24, 2.45) is 5.73 Å². The monoisotopic (exact) mass is 224 g/mol. The van der Waals surface area contributed by atoms with Gasteiger partial charge < -0.3 is 10.7 Å².